The predicted octanol–water partition coefficient (Wildman–Crippen LogP) is -0.209. The summed E-state index contributed by atoms with van der Waals surface area (Å²) in [5, 5.41) is 4.95. The fourth-order valence-electron chi connectivity index (χ4n) is 1.90. The average Bonchev–Trinajstić information content (AvgIpc) is 2.89. The van der Waals surface area contributed by atoms with Crippen molar-refractivity contribution in [2.45, 2.75) is 28.7 Å². The molecule has 7 nitrogen and oxygen atoms in total. The number of nitrogens with one attached hydrogen (secondary N) is 1. The number of benzene rings is 1. The first-order valence-corrected chi connectivity index (χ1v) is 9.06. The van der Waals surface area contributed by atoms with Crippen LogP contribution in [0.4, 0.5) is 0 Å². The summed E-state index contributed by atoms with van der Waals surface area (Å²) < 4.78 is 54.0. The van der Waals surface area contributed by atoms with Gasteiger partial charge in [-0.3, -0.25) is 0 Å². The van der Waals surface area contributed by atoms with Gasteiger partial charge >= 0.3 is 0 Å². The molecule has 1 heterocycles. The number of hydrogen-bond donors (Lipinski definition) is 2. The van der Waals surface area contributed by atoms with E-state index >= 15 is 0 Å². The number of nitrogens with two attached hydrogens (primary N) is 1. The van der Waals surface area contributed by atoms with Crippen molar-refractivity contribution in [2.75, 3.05) is 13.2 Å². The summed E-state index contributed by atoms with van der Waals surface area (Å²) in [5.41, 5.74) is 0. The first-order chi connectivity index (χ1) is 9.29. The van der Waals surface area contributed by atoms with Crippen LogP contribution < -0.4 is 9.86 Å². The number of rotatable bonds is 5. The Morgan fingerprint density at radius 2 is 1.75 bits per heavy atom. The summed E-state index contributed by atoms with van der Waals surface area (Å²) in [6.45, 7) is 0.856. The van der Waals surface area contributed by atoms with Crippen molar-refractivity contribution in [3.8, 4) is 0 Å². The monoisotopic (exact) mass is 320 g/mol. The molecular weight excluding hydrogens is 304 g/mol. The van der Waals surface area contributed by atoms with E-state index in [4.69, 9.17) is 9.88 Å². The van der Waals surface area contributed by atoms with Crippen LogP contribution in [0.25, 0.3) is 0 Å². The Hall–Kier alpha value is -1.00. The number of sulfonamides is 2. The van der Waals surface area contributed by atoms with Gasteiger partial charge in [0, 0.05) is 13.2 Å². The molecule has 0 spiro atoms. The molecule has 0 radical (unpaired) electrons. The molecule has 0 saturated carbocycles. The minimum atomic E-state index is -3.83. The van der Waals surface area contributed by atoms with Crippen molar-refractivity contribution < 1.29 is 21.6 Å². The van der Waals surface area contributed by atoms with Crippen LogP contribution >= 0.6 is 0 Å². The van der Waals surface area contributed by atoms with Crippen LogP contribution in [0.1, 0.15) is 12.8 Å². The van der Waals surface area contributed by atoms with E-state index in [2.05, 4.69) is 4.72 Å². The van der Waals surface area contributed by atoms with Crippen LogP contribution in [-0.4, -0.2) is 36.1 Å². The van der Waals surface area contributed by atoms with E-state index < -0.39 is 20.0 Å². The van der Waals surface area contributed by atoms with Gasteiger partial charge in [-0.2, -0.15) is 0 Å². The zero-order chi connectivity index (χ0) is 14.8. The molecule has 1 aromatic rings. The van der Waals surface area contributed by atoms with E-state index in [1.807, 2.05) is 0 Å². The number of primary sulfonamides is 1. The zero-order valence-corrected chi connectivity index (χ0v) is 12.3. The SMILES string of the molecule is NS(=O)(=O)c1ccc(S(=O)(=O)NC[C@H]2CCCO2)cc1. The molecule has 20 heavy (non-hydrogen) atoms. The first-order valence-electron chi connectivity index (χ1n) is 6.03. The van der Waals surface area contributed by atoms with Crippen molar-refractivity contribution in [3.05, 3.63) is 24.3 Å². The van der Waals surface area contributed by atoms with Gasteiger partial charge in [0.05, 0.1) is 15.9 Å². The number of hydrogen-bond acceptors (Lipinski definition) is 5. The van der Waals surface area contributed by atoms with Crippen LogP contribution in [0.3, 0.4) is 0 Å². The van der Waals surface area contributed by atoms with Crippen molar-refractivity contribution in [1.82, 2.24) is 4.72 Å². The quantitative estimate of drug-likeness (QED) is 0.779. The third kappa shape index (κ3) is 3.76. The van der Waals surface area contributed by atoms with Crippen molar-refractivity contribution in [1.29, 1.82) is 0 Å². The molecule has 0 bridgehead atoms. The summed E-state index contributed by atoms with van der Waals surface area (Å²) in [6.07, 6.45) is 1.65. The highest BCUT2D eigenvalue weighted by atomic mass is 32.2. The molecule has 0 unspecified atom stereocenters. The van der Waals surface area contributed by atoms with Crippen molar-refractivity contribution in [3.63, 3.8) is 0 Å². The van der Waals surface area contributed by atoms with Gasteiger partial charge in [0.25, 0.3) is 0 Å². The molecule has 1 saturated heterocycles. The Labute approximate surface area is 118 Å². The Kier molecular flexibility index (Phi) is 4.45. The zero-order valence-electron chi connectivity index (χ0n) is 10.7. The molecule has 0 aliphatic carbocycles. The maximum absolute atomic E-state index is 12.0. The van der Waals surface area contributed by atoms with Crippen molar-refractivity contribution >= 4 is 20.0 Å². The van der Waals surface area contributed by atoms with E-state index in [0.717, 1.165) is 25.0 Å². The highest BCUT2D eigenvalue weighted by Crippen LogP contribution is 2.15. The summed E-state index contributed by atoms with van der Waals surface area (Å²) in [5.74, 6) is 0. The van der Waals surface area contributed by atoms with E-state index in [0.29, 0.717) is 6.61 Å². The molecule has 1 atom stereocenters. The Balaban J connectivity index is 2.09. The summed E-state index contributed by atoms with van der Waals surface area (Å²) in [7, 11) is -7.50. The smallest absolute Gasteiger partial charge is 0.240 e. The molecule has 112 valence electrons. The lowest BCUT2D eigenvalue weighted by molar-refractivity contribution is 0.114. The van der Waals surface area contributed by atoms with E-state index in [1.54, 1.807) is 0 Å². The Bertz CT molecular complexity index is 661. The fourth-order valence-corrected chi connectivity index (χ4v) is 3.48. The lowest BCUT2D eigenvalue weighted by Crippen LogP contribution is -2.31. The molecule has 1 fully saturated rings. The van der Waals surface area contributed by atoms with Crippen LogP contribution in [0.2, 0.25) is 0 Å². The van der Waals surface area contributed by atoms with Gasteiger partial charge in [-0.1, -0.05) is 0 Å². The molecule has 9 heteroatoms. The van der Waals surface area contributed by atoms with Gasteiger partial charge < -0.3 is 4.74 Å². The lowest BCUT2D eigenvalue weighted by Gasteiger charge is -2.11. The Morgan fingerprint density at radius 3 is 2.25 bits per heavy atom. The molecule has 1 aromatic carbocycles. The normalized spacial score (nSPS) is 20.1. The predicted molar refractivity (Wildman–Crippen MR) is 72.0 cm³/mol. The molecule has 2 rings (SSSR count). The second-order valence-corrected chi connectivity index (χ2v) is 7.83. The van der Waals surface area contributed by atoms with Gasteiger partial charge in [-0.25, -0.2) is 26.7 Å². The molecule has 1 aliphatic heterocycles. The van der Waals surface area contributed by atoms with Gasteiger partial charge in [-0.05, 0) is 37.1 Å². The standard InChI is InChI=1S/C11H16N2O5S2/c12-19(14,15)10-3-5-11(6-4-10)20(16,17)13-8-9-2-1-7-18-9/h3-6,9,13H,1-2,7-8H2,(H2,12,14,15)/t9-/m1/s1. The third-order valence-corrected chi connectivity index (χ3v) is 5.36. The van der Waals surface area contributed by atoms with Crippen LogP contribution in [0, 0.1) is 0 Å². The number of ether oxygens (including phenoxy) is 1. The summed E-state index contributed by atoms with van der Waals surface area (Å²) >= 11 is 0. The van der Waals surface area contributed by atoms with Crippen molar-refractivity contribution in [2.24, 2.45) is 5.14 Å². The van der Waals surface area contributed by atoms with Gasteiger partial charge in [0.1, 0.15) is 0 Å². The topological polar surface area (TPSA) is 116 Å². The highest BCUT2D eigenvalue weighted by Gasteiger charge is 2.20. The van der Waals surface area contributed by atoms with Crippen LogP contribution in [-0.2, 0) is 24.8 Å². The molecule has 3 N–H and O–H groups in total. The summed E-state index contributed by atoms with van der Waals surface area (Å²) in [6, 6.07) is 4.74. The van der Waals surface area contributed by atoms with E-state index in [1.165, 1.54) is 12.1 Å². The van der Waals surface area contributed by atoms with Gasteiger partial charge in [0.15, 0.2) is 0 Å². The lowest BCUT2D eigenvalue weighted by atomic mass is 10.2. The molecule has 1 aliphatic rings. The second-order valence-electron chi connectivity index (χ2n) is 4.50. The minimum absolute atomic E-state index is 0.0112. The highest BCUT2D eigenvalue weighted by molar-refractivity contribution is 7.89. The second kappa shape index (κ2) is 5.78. The maximum Gasteiger partial charge on any atom is 0.240 e. The summed E-state index contributed by atoms with van der Waals surface area (Å²) in [4.78, 5) is -0.140. The first kappa shape index (κ1) is 15.4. The molecular formula is C11H16N2O5S2. The largest absolute Gasteiger partial charge is 0.377 e. The fraction of sp³-hybridized carbons (Fsp3) is 0.455. The van der Waals surface area contributed by atoms with Gasteiger partial charge in [-0.15, -0.1) is 0 Å². The Morgan fingerprint density at radius 1 is 1.15 bits per heavy atom. The van der Waals surface area contributed by atoms with Gasteiger partial charge in [0.2, 0.25) is 20.0 Å². The van der Waals surface area contributed by atoms with Crippen LogP contribution in [0.5, 0.6) is 0 Å². The van der Waals surface area contributed by atoms with Crippen LogP contribution in [0.15, 0.2) is 34.1 Å². The van der Waals surface area contributed by atoms with E-state index in [-0.39, 0.29) is 22.4 Å². The average molecular weight is 320 g/mol. The molecule has 0 aromatic heterocycles. The maximum atomic E-state index is 12.0. The molecule has 0 amide bonds. The minimum Gasteiger partial charge on any atom is -0.377 e. The van der Waals surface area contributed by atoms with E-state index in [9.17, 15) is 16.8 Å². The third-order valence-electron chi connectivity index (χ3n) is 2.99.